The minimum atomic E-state index is -0.669. The van der Waals surface area contributed by atoms with Crippen molar-refractivity contribution in [3.63, 3.8) is 0 Å². The Morgan fingerprint density at radius 2 is 2.06 bits per heavy atom. The number of carbonyl (C=O) groups excluding carboxylic acids is 3. The Morgan fingerprint density at radius 3 is 2.69 bits per heavy atom. The van der Waals surface area contributed by atoms with Gasteiger partial charge in [0.2, 0.25) is 11.8 Å². The number of amides is 2. The molecule has 3 heterocycles. The van der Waals surface area contributed by atoms with Crippen LogP contribution in [0.15, 0.2) is 66.6 Å². The largest absolute Gasteiger partial charge is 0.494 e. The molecule has 2 saturated heterocycles. The van der Waals surface area contributed by atoms with Gasteiger partial charge in [-0.15, -0.1) is 0 Å². The van der Waals surface area contributed by atoms with Gasteiger partial charge in [-0.1, -0.05) is 24.8 Å². The third-order valence-electron chi connectivity index (χ3n) is 6.53. The molecule has 3 atom stereocenters. The summed E-state index contributed by atoms with van der Waals surface area (Å²) in [6.07, 6.45) is 5.69. The van der Waals surface area contributed by atoms with E-state index >= 15 is 0 Å². The lowest BCUT2D eigenvalue weighted by molar-refractivity contribution is -0.126. The second-order valence-electron chi connectivity index (χ2n) is 9.08. The van der Waals surface area contributed by atoms with Crippen LogP contribution in [0.3, 0.4) is 0 Å². The lowest BCUT2D eigenvalue weighted by Crippen LogP contribution is -2.41. The zero-order valence-electron chi connectivity index (χ0n) is 19.5. The summed E-state index contributed by atoms with van der Waals surface area (Å²) in [5.41, 5.74) is 2.10. The monoisotopic (exact) mass is 479 g/mol. The quantitative estimate of drug-likeness (QED) is 0.455. The average molecular weight is 480 g/mol. The van der Waals surface area contributed by atoms with Crippen LogP contribution in [0, 0.1) is 17.7 Å². The first-order chi connectivity index (χ1) is 16.9. The summed E-state index contributed by atoms with van der Waals surface area (Å²) in [5.74, 6) is -1.16. The van der Waals surface area contributed by atoms with Crippen molar-refractivity contribution in [1.29, 1.82) is 0 Å². The Bertz CT molecular complexity index is 1110. The number of halogens is 1. The maximum atomic E-state index is 13.5. The fraction of sp³-hybridized carbons (Fsp3) is 0.370. The molecule has 1 aromatic heterocycles. The molecule has 3 N–H and O–H groups in total. The number of ether oxygens (including phenoxy) is 1. The van der Waals surface area contributed by atoms with Crippen LogP contribution in [0.4, 0.5) is 4.39 Å². The molecule has 7 nitrogen and oxygen atoms in total. The van der Waals surface area contributed by atoms with E-state index in [9.17, 15) is 18.8 Å². The number of nitrogens with one attached hydrogen (secondary N) is 3. The molecule has 0 spiro atoms. The number of hydrogen-bond acceptors (Lipinski definition) is 4. The van der Waals surface area contributed by atoms with Crippen molar-refractivity contribution in [2.24, 2.45) is 11.8 Å². The fourth-order valence-corrected chi connectivity index (χ4v) is 4.58. The van der Waals surface area contributed by atoms with E-state index in [0.717, 1.165) is 11.1 Å². The first-order valence-corrected chi connectivity index (χ1v) is 11.9. The average Bonchev–Trinajstić information content (AvgIpc) is 3.59. The van der Waals surface area contributed by atoms with Crippen LogP contribution < -0.4 is 10.6 Å². The highest BCUT2D eigenvalue weighted by Gasteiger charge is 2.30. The van der Waals surface area contributed by atoms with E-state index in [2.05, 4.69) is 22.2 Å². The molecule has 2 aliphatic heterocycles. The van der Waals surface area contributed by atoms with Crippen LogP contribution in [-0.2, 0) is 20.7 Å². The van der Waals surface area contributed by atoms with Crippen molar-refractivity contribution in [1.82, 2.24) is 15.6 Å². The number of carbonyl (C=O) groups is 3. The number of benzene rings is 1. The number of aromatic nitrogens is 1. The van der Waals surface area contributed by atoms with E-state index in [4.69, 9.17) is 4.74 Å². The van der Waals surface area contributed by atoms with Crippen molar-refractivity contribution >= 4 is 17.6 Å². The third kappa shape index (κ3) is 6.47. The third-order valence-corrected chi connectivity index (χ3v) is 6.53. The van der Waals surface area contributed by atoms with Gasteiger partial charge in [0.1, 0.15) is 11.6 Å². The fourth-order valence-electron chi connectivity index (χ4n) is 4.58. The Labute approximate surface area is 203 Å². The number of Topliss-reactive ketones (excluding diaryl/α,β-unsaturated/α-hetero) is 1. The van der Waals surface area contributed by atoms with Crippen LogP contribution in [0.5, 0.6) is 0 Å². The Balaban J connectivity index is 1.54. The number of hydrogen-bond donors (Lipinski definition) is 3. The Kier molecular flexibility index (Phi) is 7.80. The molecule has 0 aliphatic carbocycles. The molecular formula is C27H30FN3O4. The first-order valence-electron chi connectivity index (χ1n) is 11.9. The van der Waals surface area contributed by atoms with Crippen molar-refractivity contribution in [2.75, 3.05) is 13.2 Å². The highest BCUT2D eigenvalue weighted by atomic mass is 19.1. The number of rotatable bonds is 10. The summed E-state index contributed by atoms with van der Waals surface area (Å²) in [6, 6.07) is 8.92. The Hall–Kier alpha value is -3.68. The molecule has 1 aromatic carbocycles. The molecule has 35 heavy (non-hydrogen) atoms. The van der Waals surface area contributed by atoms with Crippen LogP contribution >= 0.6 is 0 Å². The minimum Gasteiger partial charge on any atom is -0.494 e. The summed E-state index contributed by atoms with van der Waals surface area (Å²) in [7, 11) is 0. The minimum absolute atomic E-state index is 0.00719. The summed E-state index contributed by atoms with van der Waals surface area (Å²) < 4.78 is 18.9. The van der Waals surface area contributed by atoms with Gasteiger partial charge in [0.15, 0.2) is 5.78 Å². The molecule has 2 aromatic rings. The van der Waals surface area contributed by atoms with Gasteiger partial charge in [-0.3, -0.25) is 14.4 Å². The van der Waals surface area contributed by atoms with E-state index in [-0.39, 0.29) is 42.2 Å². The van der Waals surface area contributed by atoms with E-state index in [0.29, 0.717) is 43.9 Å². The molecule has 0 radical (unpaired) electrons. The molecule has 4 rings (SSSR count). The van der Waals surface area contributed by atoms with E-state index < -0.39 is 12.0 Å². The van der Waals surface area contributed by atoms with Gasteiger partial charge in [0.05, 0.1) is 12.3 Å². The molecule has 2 amide bonds. The van der Waals surface area contributed by atoms with Crippen LogP contribution in [-0.4, -0.2) is 41.8 Å². The van der Waals surface area contributed by atoms with Gasteiger partial charge in [-0.25, -0.2) is 4.39 Å². The van der Waals surface area contributed by atoms with Gasteiger partial charge in [-0.05, 0) is 54.7 Å². The number of ketones is 1. The number of allylic oxidation sites excluding steroid dienone is 1. The smallest absolute Gasteiger partial charge is 0.224 e. The number of aromatic amines is 1. The van der Waals surface area contributed by atoms with Crippen LogP contribution in [0.25, 0.3) is 0 Å². The standard InChI is InChI=1S/C27H30FN3O4/c1-17-19(9-12-35-17)14-23(15-20-8-11-30-26(20)33)31-27(34)21(13-18-4-6-22(28)7-5-18)16-25(32)24-3-2-10-29-24/h2-7,10,14,20-21,23,29H,1,8-9,11-13,15-16H2,(H,30,33)(H,31,34)/b19-14+/t20-,21?,23+/m0/s1. The van der Waals surface area contributed by atoms with E-state index in [1.807, 2.05) is 6.08 Å². The zero-order chi connectivity index (χ0) is 24.8. The normalized spacial score (nSPS) is 20.4. The maximum Gasteiger partial charge on any atom is 0.224 e. The van der Waals surface area contributed by atoms with Crippen molar-refractivity contribution < 1.29 is 23.5 Å². The summed E-state index contributed by atoms with van der Waals surface area (Å²) in [6.45, 7) is 5.07. The van der Waals surface area contributed by atoms with E-state index in [1.54, 1.807) is 30.5 Å². The van der Waals surface area contributed by atoms with Gasteiger partial charge < -0.3 is 20.4 Å². The topological polar surface area (TPSA) is 100 Å². The summed E-state index contributed by atoms with van der Waals surface area (Å²) >= 11 is 0. The molecule has 8 heteroatoms. The molecule has 0 bridgehead atoms. The van der Waals surface area contributed by atoms with Gasteiger partial charge in [0.25, 0.3) is 0 Å². The first kappa shape index (κ1) is 24.4. The molecule has 2 aliphatic rings. The summed E-state index contributed by atoms with van der Waals surface area (Å²) in [5, 5.41) is 5.90. The van der Waals surface area contributed by atoms with Crippen LogP contribution in [0.2, 0.25) is 0 Å². The Morgan fingerprint density at radius 1 is 1.26 bits per heavy atom. The zero-order valence-corrected chi connectivity index (χ0v) is 19.5. The molecule has 2 fully saturated rings. The second kappa shape index (κ2) is 11.2. The lowest BCUT2D eigenvalue weighted by atomic mass is 9.91. The molecule has 184 valence electrons. The highest BCUT2D eigenvalue weighted by Crippen LogP contribution is 2.25. The van der Waals surface area contributed by atoms with Gasteiger partial charge in [-0.2, -0.15) is 0 Å². The molecular weight excluding hydrogens is 449 g/mol. The van der Waals surface area contributed by atoms with Gasteiger partial charge >= 0.3 is 0 Å². The van der Waals surface area contributed by atoms with E-state index in [1.165, 1.54) is 12.1 Å². The predicted octanol–water partition coefficient (Wildman–Crippen LogP) is 3.46. The van der Waals surface area contributed by atoms with Crippen LogP contribution in [0.1, 0.15) is 41.7 Å². The second-order valence-corrected chi connectivity index (χ2v) is 9.08. The molecule has 1 unspecified atom stereocenters. The lowest BCUT2D eigenvalue weighted by Gasteiger charge is -2.23. The van der Waals surface area contributed by atoms with Crippen molar-refractivity contribution in [2.45, 2.75) is 38.1 Å². The number of H-pyrrole nitrogens is 1. The van der Waals surface area contributed by atoms with Gasteiger partial charge in [0, 0.05) is 43.5 Å². The van der Waals surface area contributed by atoms with Crippen molar-refractivity contribution in [3.05, 3.63) is 83.7 Å². The SMILES string of the molecule is C=C1OCC/C1=C\[C@H](C[C@@H]1CCNC1=O)NC(=O)C(CC(=O)c1ccc[nH]1)Cc1ccc(F)cc1. The highest BCUT2D eigenvalue weighted by molar-refractivity contribution is 5.97. The predicted molar refractivity (Wildman–Crippen MR) is 129 cm³/mol. The molecule has 0 saturated carbocycles. The maximum absolute atomic E-state index is 13.5. The van der Waals surface area contributed by atoms with Crippen molar-refractivity contribution in [3.8, 4) is 0 Å². The summed E-state index contributed by atoms with van der Waals surface area (Å²) in [4.78, 5) is 41.4.